The molecule has 10 heteroatoms. The lowest BCUT2D eigenvalue weighted by molar-refractivity contribution is -0.122. The van der Waals surface area contributed by atoms with Crippen LogP contribution in [-0.4, -0.2) is 40.7 Å². The van der Waals surface area contributed by atoms with Gasteiger partial charge in [0.2, 0.25) is 11.8 Å². The molecule has 1 aliphatic rings. The lowest BCUT2D eigenvalue weighted by Crippen LogP contribution is -2.29. The van der Waals surface area contributed by atoms with Crippen molar-refractivity contribution in [3.63, 3.8) is 0 Å². The van der Waals surface area contributed by atoms with Crippen molar-refractivity contribution in [2.45, 2.75) is 40.0 Å². The second-order valence-electron chi connectivity index (χ2n) is 10.1. The minimum absolute atomic E-state index is 0.0112. The fraction of sp³-hybridized carbons (Fsp3) is 0.300. The van der Waals surface area contributed by atoms with Crippen LogP contribution in [-0.2, 0) is 14.3 Å². The molecule has 1 saturated heterocycles. The predicted molar refractivity (Wildman–Crippen MR) is 156 cm³/mol. The average Bonchev–Trinajstić information content (AvgIpc) is 3.53. The lowest BCUT2D eigenvalue weighted by atomic mass is 10.0. The first-order valence-electron chi connectivity index (χ1n) is 13.2. The van der Waals surface area contributed by atoms with Gasteiger partial charge in [-0.1, -0.05) is 44.2 Å². The van der Waals surface area contributed by atoms with Crippen LogP contribution in [0.15, 0.2) is 58.7 Å². The maximum absolute atomic E-state index is 13.7. The molecule has 0 bridgehead atoms. The number of aromatic nitrogens is 2. The number of aryl methyl sites for hydroxylation is 1. The fourth-order valence-electron chi connectivity index (χ4n) is 4.86. The Labute approximate surface area is 235 Å². The van der Waals surface area contributed by atoms with Crippen LogP contribution in [0.3, 0.4) is 0 Å². The quantitative estimate of drug-likeness (QED) is 0.318. The number of para-hydroxylation sites is 1. The Hall–Kier alpha value is -4.31. The third-order valence-electron chi connectivity index (χ3n) is 7.06. The van der Waals surface area contributed by atoms with Crippen LogP contribution in [0.25, 0.3) is 16.5 Å². The molecule has 0 radical (unpaired) electrons. The summed E-state index contributed by atoms with van der Waals surface area (Å²) in [6, 6.07) is 14.9. The fourth-order valence-corrected chi connectivity index (χ4v) is 5.80. The monoisotopic (exact) mass is 558 g/mol. The molecule has 9 nitrogen and oxygen atoms in total. The second-order valence-corrected chi connectivity index (χ2v) is 10.9. The summed E-state index contributed by atoms with van der Waals surface area (Å²) in [5.74, 6) is -1.45. The van der Waals surface area contributed by atoms with Gasteiger partial charge in [0.15, 0.2) is 5.69 Å². The van der Waals surface area contributed by atoms with Crippen molar-refractivity contribution >= 4 is 50.6 Å². The summed E-state index contributed by atoms with van der Waals surface area (Å²) in [5.41, 5.74) is 2.82. The van der Waals surface area contributed by atoms with E-state index < -0.39 is 17.4 Å². The Morgan fingerprint density at radius 1 is 1.12 bits per heavy atom. The molecule has 1 aliphatic heterocycles. The number of esters is 1. The molecule has 1 fully saturated rings. The van der Waals surface area contributed by atoms with E-state index >= 15 is 0 Å². The van der Waals surface area contributed by atoms with Gasteiger partial charge in [-0.3, -0.25) is 14.4 Å². The summed E-state index contributed by atoms with van der Waals surface area (Å²) < 4.78 is 6.39. The zero-order valence-corrected chi connectivity index (χ0v) is 23.6. The Balaban J connectivity index is 1.51. The molecule has 40 heavy (non-hydrogen) atoms. The number of amides is 2. The van der Waals surface area contributed by atoms with E-state index in [9.17, 15) is 19.2 Å². The molecule has 2 amide bonds. The Kier molecular flexibility index (Phi) is 7.53. The van der Waals surface area contributed by atoms with Gasteiger partial charge < -0.3 is 15.0 Å². The van der Waals surface area contributed by atoms with Gasteiger partial charge in [0.1, 0.15) is 5.00 Å². The van der Waals surface area contributed by atoms with Crippen molar-refractivity contribution < 1.29 is 19.1 Å². The highest BCUT2D eigenvalue weighted by molar-refractivity contribution is 7.16. The van der Waals surface area contributed by atoms with Crippen LogP contribution < -0.4 is 15.8 Å². The predicted octanol–water partition coefficient (Wildman–Crippen LogP) is 5.05. The summed E-state index contributed by atoms with van der Waals surface area (Å²) in [5, 5.41) is 9.63. The highest BCUT2D eigenvalue weighted by atomic mass is 32.1. The van der Waals surface area contributed by atoms with Gasteiger partial charge in [-0.15, -0.1) is 11.3 Å². The molecule has 2 aromatic carbocycles. The van der Waals surface area contributed by atoms with E-state index in [1.165, 1.54) is 4.68 Å². The molecular formula is C30H30N4O5S. The van der Waals surface area contributed by atoms with Gasteiger partial charge in [0.05, 0.1) is 23.6 Å². The number of nitrogens with zero attached hydrogens (tertiary/aromatic N) is 3. The molecule has 4 aromatic rings. The number of anilines is 2. The van der Waals surface area contributed by atoms with Gasteiger partial charge in [-0.05, 0) is 49.1 Å². The Morgan fingerprint density at radius 2 is 1.85 bits per heavy atom. The highest BCUT2D eigenvalue weighted by Gasteiger charge is 2.36. The smallest absolute Gasteiger partial charge is 0.359 e. The van der Waals surface area contributed by atoms with E-state index in [0.717, 1.165) is 28.2 Å². The molecule has 1 unspecified atom stereocenters. The zero-order valence-electron chi connectivity index (χ0n) is 22.8. The number of ether oxygens (including phenoxy) is 1. The number of hydrogen-bond acceptors (Lipinski definition) is 7. The number of carbonyl (C=O) groups excluding carboxylic acids is 3. The zero-order chi connectivity index (χ0) is 28.6. The molecule has 5 rings (SSSR count). The maximum atomic E-state index is 13.7. The van der Waals surface area contributed by atoms with Crippen molar-refractivity contribution in [2.24, 2.45) is 5.92 Å². The molecule has 1 atom stereocenters. The molecule has 0 spiro atoms. The van der Waals surface area contributed by atoms with E-state index in [1.54, 1.807) is 29.3 Å². The van der Waals surface area contributed by atoms with Crippen LogP contribution in [0.5, 0.6) is 0 Å². The summed E-state index contributed by atoms with van der Waals surface area (Å²) in [6.45, 7) is 8.14. The summed E-state index contributed by atoms with van der Waals surface area (Å²) >= 11 is 1.13. The first-order chi connectivity index (χ1) is 19.2. The van der Waals surface area contributed by atoms with E-state index in [0.29, 0.717) is 22.0 Å². The third-order valence-corrected chi connectivity index (χ3v) is 7.96. The minimum Gasteiger partial charge on any atom is -0.461 e. The van der Waals surface area contributed by atoms with E-state index in [2.05, 4.69) is 24.3 Å². The lowest BCUT2D eigenvalue weighted by Gasteiger charge is -2.18. The number of benzene rings is 2. The van der Waals surface area contributed by atoms with Gasteiger partial charge in [0.25, 0.3) is 5.56 Å². The summed E-state index contributed by atoms with van der Waals surface area (Å²) in [7, 11) is 0. The normalized spacial score (nSPS) is 15.2. The standard InChI is InChI=1S/C30H30N4O5S/c1-5-39-30(38)26-22-16-40-28(25(22)29(37)34(32-26)21-12-10-19(11-13-21)17(2)3)31-27(36)20-14-24(35)33(15-20)23-9-7-6-8-18(23)4/h6-13,16-17,20H,5,14-15H2,1-4H3,(H,31,36). The van der Waals surface area contributed by atoms with Crippen LogP contribution in [0.1, 0.15) is 54.7 Å². The van der Waals surface area contributed by atoms with E-state index in [-0.39, 0.29) is 42.5 Å². The number of rotatable bonds is 7. The number of thiophene rings is 1. The van der Waals surface area contributed by atoms with Crippen LogP contribution >= 0.6 is 11.3 Å². The minimum atomic E-state index is -0.661. The third kappa shape index (κ3) is 5.02. The largest absolute Gasteiger partial charge is 0.461 e. The van der Waals surface area contributed by atoms with Crippen LogP contribution in [0, 0.1) is 12.8 Å². The Bertz CT molecular complexity index is 1670. The first kappa shape index (κ1) is 27.3. The van der Waals surface area contributed by atoms with Gasteiger partial charge >= 0.3 is 5.97 Å². The van der Waals surface area contributed by atoms with Gasteiger partial charge in [-0.2, -0.15) is 9.78 Å². The van der Waals surface area contributed by atoms with Gasteiger partial charge in [-0.25, -0.2) is 4.79 Å². The average molecular weight is 559 g/mol. The molecule has 0 aliphatic carbocycles. The molecule has 2 aromatic heterocycles. The number of nitrogens with one attached hydrogen (secondary N) is 1. The number of fused-ring (bicyclic) bond motifs is 1. The molecular weight excluding hydrogens is 528 g/mol. The molecule has 1 N–H and O–H groups in total. The number of carbonyl (C=O) groups is 3. The molecule has 206 valence electrons. The van der Waals surface area contributed by atoms with Crippen LogP contribution in [0.4, 0.5) is 10.7 Å². The van der Waals surface area contributed by atoms with Crippen molar-refractivity contribution in [3.05, 3.63) is 81.1 Å². The van der Waals surface area contributed by atoms with Crippen molar-refractivity contribution in [3.8, 4) is 5.69 Å². The summed E-state index contributed by atoms with van der Waals surface area (Å²) in [4.78, 5) is 54.4. The maximum Gasteiger partial charge on any atom is 0.359 e. The van der Waals surface area contributed by atoms with Crippen molar-refractivity contribution in [2.75, 3.05) is 23.4 Å². The Morgan fingerprint density at radius 3 is 2.52 bits per heavy atom. The van der Waals surface area contributed by atoms with Gasteiger partial charge in [0, 0.05) is 29.4 Å². The SMILES string of the molecule is CCOC(=O)c1nn(-c2ccc(C(C)C)cc2)c(=O)c2c(NC(=O)C3CC(=O)N(c4ccccc4C)C3)scc12. The molecule has 3 heterocycles. The second kappa shape index (κ2) is 11.1. The highest BCUT2D eigenvalue weighted by Crippen LogP contribution is 2.33. The number of hydrogen-bond donors (Lipinski definition) is 1. The molecule has 0 saturated carbocycles. The topological polar surface area (TPSA) is 111 Å². The van der Waals surface area contributed by atoms with E-state index in [4.69, 9.17) is 4.74 Å². The van der Waals surface area contributed by atoms with E-state index in [1.807, 2.05) is 43.3 Å². The summed E-state index contributed by atoms with van der Waals surface area (Å²) in [6.07, 6.45) is 0.0611. The van der Waals surface area contributed by atoms with Crippen molar-refractivity contribution in [1.82, 2.24) is 9.78 Å². The van der Waals surface area contributed by atoms with Crippen LogP contribution in [0.2, 0.25) is 0 Å². The van der Waals surface area contributed by atoms with Crippen molar-refractivity contribution in [1.29, 1.82) is 0 Å². The first-order valence-corrected chi connectivity index (χ1v) is 14.1.